The predicted octanol–water partition coefficient (Wildman–Crippen LogP) is 3.63. The summed E-state index contributed by atoms with van der Waals surface area (Å²) in [5.41, 5.74) is 1.99. The van der Waals surface area contributed by atoms with Crippen LogP contribution in [0.2, 0.25) is 0 Å². The molecule has 118 valence electrons. The molecule has 0 bridgehead atoms. The number of carboxylic acid groups (broad SMARTS) is 1. The Morgan fingerprint density at radius 1 is 1.32 bits per heavy atom. The summed E-state index contributed by atoms with van der Waals surface area (Å²) in [5, 5.41) is 13.4. The van der Waals surface area contributed by atoms with Gasteiger partial charge in [0.1, 0.15) is 18.2 Å². The van der Waals surface area contributed by atoms with Gasteiger partial charge in [-0.25, -0.2) is 14.8 Å². The van der Waals surface area contributed by atoms with Crippen LogP contribution in [0.5, 0.6) is 0 Å². The van der Waals surface area contributed by atoms with Crippen molar-refractivity contribution in [2.45, 2.75) is 46.6 Å². The summed E-state index contributed by atoms with van der Waals surface area (Å²) in [4.78, 5) is 20.0. The van der Waals surface area contributed by atoms with Gasteiger partial charge < -0.3 is 10.4 Å². The van der Waals surface area contributed by atoms with Crippen LogP contribution >= 0.6 is 0 Å². The van der Waals surface area contributed by atoms with E-state index in [1.54, 1.807) is 0 Å². The molecule has 2 aromatic rings. The molecule has 0 amide bonds. The normalized spacial score (nSPS) is 13.1. The predicted molar refractivity (Wildman–Crippen MR) is 88.0 cm³/mol. The topological polar surface area (TPSA) is 75.1 Å². The molecule has 0 saturated heterocycles. The van der Waals surface area contributed by atoms with Crippen molar-refractivity contribution in [2.24, 2.45) is 5.41 Å². The number of nitrogens with one attached hydrogen (secondary N) is 1. The van der Waals surface area contributed by atoms with Gasteiger partial charge >= 0.3 is 5.97 Å². The highest BCUT2D eigenvalue weighted by Gasteiger charge is 2.22. The number of hydrogen-bond acceptors (Lipinski definition) is 4. The number of aromatic nitrogens is 2. The number of carbonyl (C=O) groups is 1. The highest BCUT2D eigenvalue weighted by Crippen LogP contribution is 2.25. The fourth-order valence-corrected chi connectivity index (χ4v) is 2.35. The molecule has 2 rings (SSSR count). The van der Waals surface area contributed by atoms with Gasteiger partial charge in [-0.3, -0.25) is 0 Å². The molecule has 2 N–H and O–H groups in total. The Bertz CT molecular complexity index is 677. The Labute approximate surface area is 130 Å². The Hall–Kier alpha value is -2.17. The molecule has 0 fully saturated rings. The van der Waals surface area contributed by atoms with Crippen LogP contribution in [0.25, 0.3) is 10.9 Å². The second kappa shape index (κ2) is 6.30. The number of aryl methyl sites for hydroxylation is 1. The third kappa shape index (κ3) is 3.93. The second-order valence-corrected chi connectivity index (χ2v) is 6.83. The summed E-state index contributed by atoms with van der Waals surface area (Å²) >= 11 is 0. The first-order chi connectivity index (χ1) is 10.3. The molecule has 1 aromatic heterocycles. The van der Waals surface area contributed by atoms with E-state index in [1.807, 2.05) is 25.1 Å². The van der Waals surface area contributed by atoms with Crippen LogP contribution in [0.15, 0.2) is 24.5 Å². The van der Waals surface area contributed by atoms with E-state index in [0.29, 0.717) is 12.2 Å². The van der Waals surface area contributed by atoms with Crippen molar-refractivity contribution in [1.82, 2.24) is 9.97 Å². The van der Waals surface area contributed by atoms with Crippen molar-refractivity contribution in [3.05, 3.63) is 30.1 Å². The zero-order chi connectivity index (χ0) is 16.3. The minimum absolute atomic E-state index is 0.0969. The summed E-state index contributed by atoms with van der Waals surface area (Å²) < 4.78 is 0. The number of para-hydroxylation sites is 1. The quantitative estimate of drug-likeness (QED) is 0.882. The van der Waals surface area contributed by atoms with Crippen LogP contribution in [0.3, 0.4) is 0 Å². The minimum Gasteiger partial charge on any atom is -0.480 e. The molecule has 0 saturated carbocycles. The van der Waals surface area contributed by atoms with Gasteiger partial charge in [0.2, 0.25) is 0 Å². The van der Waals surface area contributed by atoms with Gasteiger partial charge in [-0.2, -0.15) is 0 Å². The standard InChI is InChI=1S/C17H23N3O2/c1-11-6-5-7-12-14(11)18-10-19-15(12)20-13(16(21)22)8-9-17(2,3)4/h5-7,10,13H,8-9H2,1-4H3,(H,21,22)(H,18,19,20)/t13-/m0/s1. The van der Waals surface area contributed by atoms with Gasteiger partial charge in [0.05, 0.1) is 5.52 Å². The molecular formula is C17H23N3O2. The molecule has 1 atom stereocenters. The van der Waals surface area contributed by atoms with Crippen molar-refractivity contribution in [1.29, 1.82) is 0 Å². The Morgan fingerprint density at radius 3 is 2.68 bits per heavy atom. The molecule has 5 nitrogen and oxygen atoms in total. The molecule has 0 unspecified atom stereocenters. The zero-order valence-electron chi connectivity index (χ0n) is 13.6. The van der Waals surface area contributed by atoms with Gasteiger partial charge in [-0.05, 0) is 36.8 Å². The zero-order valence-corrected chi connectivity index (χ0v) is 13.6. The average molecular weight is 301 g/mol. The van der Waals surface area contributed by atoms with Crippen molar-refractivity contribution in [3.8, 4) is 0 Å². The molecule has 22 heavy (non-hydrogen) atoms. The number of anilines is 1. The first-order valence-electron chi connectivity index (χ1n) is 7.47. The van der Waals surface area contributed by atoms with E-state index in [-0.39, 0.29) is 5.41 Å². The van der Waals surface area contributed by atoms with Crippen LogP contribution in [-0.2, 0) is 4.79 Å². The SMILES string of the molecule is Cc1cccc2c(N[C@@H](CCC(C)(C)C)C(=O)O)ncnc12. The van der Waals surface area contributed by atoms with E-state index in [1.165, 1.54) is 6.33 Å². The fraction of sp³-hybridized carbons (Fsp3) is 0.471. The van der Waals surface area contributed by atoms with Crippen molar-refractivity contribution in [2.75, 3.05) is 5.32 Å². The van der Waals surface area contributed by atoms with Crippen LogP contribution in [-0.4, -0.2) is 27.1 Å². The summed E-state index contributed by atoms with van der Waals surface area (Å²) in [5.74, 6) is -0.279. The van der Waals surface area contributed by atoms with Gasteiger partial charge in [0.15, 0.2) is 0 Å². The number of rotatable bonds is 5. The molecule has 5 heteroatoms. The van der Waals surface area contributed by atoms with Gasteiger partial charge in [0.25, 0.3) is 0 Å². The Kier molecular flexibility index (Phi) is 4.64. The molecule has 0 radical (unpaired) electrons. The van der Waals surface area contributed by atoms with Crippen molar-refractivity contribution in [3.63, 3.8) is 0 Å². The molecule has 0 aliphatic heterocycles. The lowest BCUT2D eigenvalue weighted by Gasteiger charge is -2.22. The van der Waals surface area contributed by atoms with Gasteiger partial charge in [-0.15, -0.1) is 0 Å². The molecule has 0 spiro atoms. The monoisotopic (exact) mass is 301 g/mol. The van der Waals surface area contributed by atoms with E-state index < -0.39 is 12.0 Å². The number of aliphatic carboxylic acids is 1. The van der Waals surface area contributed by atoms with E-state index in [9.17, 15) is 9.90 Å². The van der Waals surface area contributed by atoms with Crippen LogP contribution in [0.4, 0.5) is 5.82 Å². The lowest BCUT2D eigenvalue weighted by atomic mass is 9.88. The number of carboxylic acids is 1. The van der Waals surface area contributed by atoms with E-state index in [2.05, 4.69) is 36.1 Å². The van der Waals surface area contributed by atoms with E-state index >= 15 is 0 Å². The van der Waals surface area contributed by atoms with Gasteiger partial charge in [0, 0.05) is 5.39 Å². The highest BCUT2D eigenvalue weighted by atomic mass is 16.4. The summed E-state index contributed by atoms with van der Waals surface area (Å²) in [7, 11) is 0. The molecule has 0 aliphatic rings. The van der Waals surface area contributed by atoms with Crippen LogP contribution in [0.1, 0.15) is 39.2 Å². The van der Waals surface area contributed by atoms with E-state index in [4.69, 9.17) is 0 Å². The molecule has 0 aliphatic carbocycles. The van der Waals surface area contributed by atoms with Gasteiger partial charge in [-0.1, -0.05) is 32.9 Å². The average Bonchev–Trinajstić information content (AvgIpc) is 2.43. The maximum Gasteiger partial charge on any atom is 0.326 e. The third-order valence-electron chi connectivity index (χ3n) is 3.66. The lowest BCUT2D eigenvalue weighted by Crippen LogP contribution is -2.31. The Morgan fingerprint density at radius 2 is 2.05 bits per heavy atom. The fourth-order valence-electron chi connectivity index (χ4n) is 2.35. The first kappa shape index (κ1) is 16.2. The Balaban J connectivity index is 2.27. The number of hydrogen-bond donors (Lipinski definition) is 2. The third-order valence-corrected chi connectivity index (χ3v) is 3.66. The number of nitrogens with zero attached hydrogens (tertiary/aromatic N) is 2. The van der Waals surface area contributed by atoms with Crippen molar-refractivity contribution < 1.29 is 9.90 Å². The lowest BCUT2D eigenvalue weighted by molar-refractivity contribution is -0.138. The smallest absolute Gasteiger partial charge is 0.326 e. The largest absolute Gasteiger partial charge is 0.480 e. The molecular weight excluding hydrogens is 278 g/mol. The number of benzene rings is 1. The minimum atomic E-state index is -0.858. The first-order valence-corrected chi connectivity index (χ1v) is 7.47. The molecule has 1 aromatic carbocycles. The summed E-state index contributed by atoms with van der Waals surface area (Å²) in [6.07, 6.45) is 2.84. The maximum absolute atomic E-state index is 11.5. The number of fused-ring (bicyclic) bond motifs is 1. The van der Waals surface area contributed by atoms with Crippen LogP contribution < -0.4 is 5.32 Å². The van der Waals surface area contributed by atoms with Crippen LogP contribution in [0, 0.1) is 12.3 Å². The summed E-state index contributed by atoms with van der Waals surface area (Å²) in [6.45, 7) is 8.30. The maximum atomic E-state index is 11.5. The molecule has 1 heterocycles. The second-order valence-electron chi connectivity index (χ2n) is 6.83. The van der Waals surface area contributed by atoms with E-state index in [0.717, 1.165) is 22.9 Å². The highest BCUT2D eigenvalue weighted by molar-refractivity contribution is 5.92. The van der Waals surface area contributed by atoms with Crippen molar-refractivity contribution >= 4 is 22.7 Å². The summed E-state index contributed by atoms with van der Waals surface area (Å²) in [6, 6.07) is 5.16.